The van der Waals surface area contributed by atoms with Crippen molar-refractivity contribution in [2.45, 2.75) is 25.3 Å². The highest BCUT2D eigenvalue weighted by Crippen LogP contribution is 2.21. The van der Waals surface area contributed by atoms with Crippen LogP contribution >= 0.6 is 0 Å². The molecule has 7 heteroatoms. The van der Waals surface area contributed by atoms with Gasteiger partial charge in [-0.3, -0.25) is 4.79 Å². The van der Waals surface area contributed by atoms with Crippen LogP contribution in [0, 0.1) is 0 Å². The SMILES string of the molecule is COc1cccc(C(=O)N2CCCC[C@H]2CNS(C)(=O)=O)c1. The van der Waals surface area contributed by atoms with Crippen molar-refractivity contribution >= 4 is 15.9 Å². The van der Waals surface area contributed by atoms with Crippen molar-refractivity contribution in [3.05, 3.63) is 29.8 Å². The fraction of sp³-hybridized carbons (Fsp3) is 0.533. The van der Waals surface area contributed by atoms with E-state index in [1.165, 1.54) is 0 Å². The molecule has 1 atom stereocenters. The third-order valence-corrected chi connectivity index (χ3v) is 4.48. The number of carbonyl (C=O) groups excluding carboxylic acids is 1. The predicted octanol–water partition coefficient (Wildman–Crippen LogP) is 1.24. The van der Waals surface area contributed by atoms with Crippen molar-refractivity contribution in [1.82, 2.24) is 9.62 Å². The van der Waals surface area contributed by atoms with Crippen LogP contribution in [0.1, 0.15) is 29.6 Å². The summed E-state index contributed by atoms with van der Waals surface area (Å²) in [6.45, 7) is 0.903. The Bertz CT molecular complexity index is 630. The van der Waals surface area contributed by atoms with E-state index in [1.807, 2.05) is 0 Å². The Morgan fingerprint density at radius 3 is 2.86 bits per heavy atom. The van der Waals surface area contributed by atoms with Crippen molar-refractivity contribution in [2.24, 2.45) is 0 Å². The van der Waals surface area contributed by atoms with Gasteiger partial charge in [0.05, 0.1) is 13.4 Å². The van der Waals surface area contributed by atoms with Crippen molar-refractivity contribution in [3.8, 4) is 5.75 Å². The summed E-state index contributed by atoms with van der Waals surface area (Å²) < 4.78 is 30.2. The first-order valence-corrected chi connectivity index (χ1v) is 9.19. The van der Waals surface area contributed by atoms with Crippen molar-refractivity contribution in [2.75, 3.05) is 26.5 Å². The summed E-state index contributed by atoms with van der Waals surface area (Å²) in [4.78, 5) is 14.5. The van der Waals surface area contributed by atoms with Crippen LogP contribution in [0.4, 0.5) is 0 Å². The van der Waals surface area contributed by atoms with Gasteiger partial charge in [0.2, 0.25) is 10.0 Å². The molecule has 1 aromatic carbocycles. The summed E-state index contributed by atoms with van der Waals surface area (Å²) in [6, 6.07) is 6.91. The first-order chi connectivity index (χ1) is 10.4. The molecular weight excluding hydrogens is 304 g/mol. The monoisotopic (exact) mass is 326 g/mol. The van der Waals surface area contributed by atoms with Crippen LogP contribution in [0.3, 0.4) is 0 Å². The van der Waals surface area contributed by atoms with Crippen molar-refractivity contribution < 1.29 is 17.9 Å². The smallest absolute Gasteiger partial charge is 0.254 e. The second kappa shape index (κ2) is 7.11. The summed E-state index contributed by atoms with van der Waals surface area (Å²) >= 11 is 0. The Kier molecular flexibility index (Phi) is 5.42. The van der Waals surface area contributed by atoms with E-state index in [2.05, 4.69) is 4.72 Å². The zero-order valence-electron chi connectivity index (χ0n) is 12.9. The van der Waals surface area contributed by atoms with Gasteiger partial charge in [-0.25, -0.2) is 13.1 Å². The first-order valence-electron chi connectivity index (χ1n) is 7.30. The molecule has 1 N–H and O–H groups in total. The van der Waals surface area contributed by atoms with Crippen LogP contribution in [-0.4, -0.2) is 51.7 Å². The summed E-state index contributed by atoms with van der Waals surface area (Å²) in [7, 11) is -1.70. The van der Waals surface area contributed by atoms with E-state index in [0.717, 1.165) is 25.5 Å². The van der Waals surface area contributed by atoms with Gasteiger partial charge in [-0.05, 0) is 37.5 Å². The molecule has 1 saturated heterocycles. The molecule has 1 fully saturated rings. The third-order valence-electron chi connectivity index (χ3n) is 3.79. The van der Waals surface area contributed by atoms with Gasteiger partial charge in [-0.15, -0.1) is 0 Å². The zero-order chi connectivity index (χ0) is 16.2. The molecule has 0 aliphatic carbocycles. The molecule has 22 heavy (non-hydrogen) atoms. The molecule has 0 radical (unpaired) electrons. The molecule has 2 rings (SSSR count). The number of sulfonamides is 1. The van der Waals surface area contributed by atoms with E-state index in [-0.39, 0.29) is 18.5 Å². The predicted molar refractivity (Wildman–Crippen MR) is 84.5 cm³/mol. The highest BCUT2D eigenvalue weighted by molar-refractivity contribution is 7.88. The number of nitrogens with one attached hydrogen (secondary N) is 1. The van der Waals surface area contributed by atoms with Gasteiger partial charge >= 0.3 is 0 Å². The standard InChI is InChI=1S/C15H22N2O4S/c1-21-14-8-5-6-12(10-14)15(18)17-9-4-3-7-13(17)11-16-22(2,19)20/h5-6,8,10,13,16H,3-4,7,9,11H2,1-2H3/t13-/m0/s1. The number of piperidine rings is 1. The lowest BCUT2D eigenvalue weighted by Crippen LogP contribution is -2.49. The number of methoxy groups -OCH3 is 1. The highest BCUT2D eigenvalue weighted by atomic mass is 32.2. The Labute approximate surface area is 131 Å². The summed E-state index contributed by atoms with van der Waals surface area (Å²) in [6.07, 6.45) is 3.87. The number of hydrogen-bond donors (Lipinski definition) is 1. The number of likely N-dealkylation sites (tertiary alicyclic amines) is 1. The minimum absolute atomic E-state index is 0.0844. The summed E-state index contributed by atoms with van der Waals surface area (Å²) in [5, 5.41) is 0. The Balaban J connectivity index is 2.13. The number of nitrogens with zero attached hydrogens (tertiary/aromatic N) is 1. The van der Waals surface area contributed by atoms with E-state index >= 15 is 0 Å². The number of carbonyl (C=O) groups is 1. The number of hydrogen-bond acceptors (Lipinski definition) is 4. The Morgan fingerprint density at radius 2 is 2.18 bits per heavy atom. The summed E-state index contributed by atoms with van der Waals surface area (Å²) in [5.41, 5.74) is 0.561. The molecular formula is C15H22N2O4S. The lowest BCUT2D eigenvalue weighted by molar-refractivity contribution is 0.0618. The van der Waals surface area contributed by atoms with Gasteiger partial charge in [-0.1, -0.05) is 6.07 Å². The average molecular weight is 326 g/mol. The van der Waals surface area contributed by atoms with Crippen molar-refractivity contribution in [3.63, 3.8) is 0 Å². The van der Waals surface area contributed by atoms with E-state index < -0.39 is 10.0 Å². The molecule has 1 heterocycles. The van der Waals surface area contributed by atoms with Gasteiger partial charge in [0.25, 0.3) is 5.91 Å². The maximum atomic E-state index is 12.7. The third kappa shape index (κ3) is 4.45. The molecule has 0 spiro atoms. The van der Waals surface area contributed by atoms with Crippen LogP contribution in [0.5, 0.6) is 5.75 Å². The fourth-order valence-corrected chi connectivity index (χ4v) is 3.14. The van der Waals surface area contributed by atoms with Crippen LogP contribution in [-0.2, 0) is 10.0 Å². The molecule has 0 aromatic heterocycles. The number of ether oxygens (including phenoxy) is 1. The van der Waals surface area contributed by atoms with E-state index in [1.54, 1.807) is 36.3 Å². The van der Waals surface area contributed by atoms with Gasteiger partial charge in [-0.2, -0.15) is 0 Å². The van der Waals surface area contributed by atoms with E-state index in [9.17, 15) is 13.2 Å². The molecule has 0 saturated carbocycles. The Hall–Kier alpha value is -1.60. The molecule has 1 aliphatic heterocycles. The van der Waals surface area contributed by atoms with Crippen LogP contribution in [0.2, 0.25) is 0 Å². The minimum Gasteiger partial charge on any atom is -0.497 e. The zero-order valence-corrected chi connectivity index (χ0v) is 13.7. The minimum atomic E-state index is -3.26. The molecule has 6 nitrogen and oxygen atoms in total. The normalized spacial score (nSPS) is 19.0. The molecule has 1 amide bonds. The number of benzene rings is 1. The quantitative estimate of drug-likeness (QED) is 0.883. The van der Waals surface area contributed by atoms with Gasteiger partial charge in [0.1, 0.15) is 5.75 Å². The molecule has 1 aromatic rings. The maximum absolute atomic E-state index is 12.7. The molecule has 0 bridgehead atoms. The summed E-state index contributed by atoms with van der Waals surface area (Å²) in [5.74, 6) is 0.549. The topological polar surface area (TPSA) is 75.7 Å². The van der Waals surface area contributed by atoms with Crippen LogP contribution in [0.25, 0.3) is 0 Å². The van der Waals surface area contributed by atoms with Gasteiger partial charge < -0.3 is 9.64 Å². The number of amides is 1. The van der Waals surface area contributed by atoms with Gasteiger partial charge in [0, 0.05) is 24.7 Å². The van der Waals surface area contributed by atoms with Gasteiger partial charge in [0.15, 0.2) is 0 Å². The van der Waals surface area contributed by atoms with E-state index in [0.29, 0.717) is 17.9 Å². The largest absolute Gasteiger partial charge is 0.497 e. The molecule has 122 valence electrons. The highest BCUT2D eigenvalue weighted by Gasteiger charge is 2.28. The second-order valence-corrected chi connectivity index (χ2v) is 7.33. The molecule has 1 aliphatic rings. The lowest BCUT2D eigenvalue weighted by atomic mass is 10.0. The molecule has 0 unspecified atom stereocenters. The van der Waals surface area contributed by atoms with Crippen LogP contribution in [0.15, 0.2) is 24.3 Å². The fourth-order valence-electron chi connectivity index (χ4n) is 2.65. The van der Waals surface area contributed by atoms with Crippen molar-refractivity contribution in [1.29, 1.82) is 0 Å². The second-order valence-electron chi connectivity index (χ2n) is 5.50. The van der Waals surface area contributed by atoms with E-state index in [4.69, 9.17) is 4.74 Å². The first kappa shape index (κ1) is 16.8. The average Bonchev–Trinajstić information content (AvgIpc) is 2.52. The Morgan fingerprint density at radius 1 is 1.41 bits per heavy atom. The van der Waals surface area contributed by atoms with Crippen LogP contribution < -0.4 is 9.46 Å². The maximum Gasteiger partial charge on any atom is 0.254 e. The number of rotatable bonds is 5. The lowest BCUT2D eigenvalue weighted by Gasteiger charge is -2.35.